The summed E-state index contributed by atoms with van der Waals surface area (Å²) in [4.78, 5) is 0. The molecule has 2 aliphatic rings. The summed E-state index contributed by atoms with van der Waals surface area (Å²) >= 11 is 0. The van der Waals surface area contributed by atoms with Crippen molar-refractivity contribution in [3.8, 4) is 5.75 Å². The van der Waals surface area contributed by atoms with Crippen molar-refractivity contribution in [3.63, 3.8) is 0 Å². The van der Waals surface area contributed by atoms with E-state index in [0.29, 0.717) is 12.1 Å². The number of nitrogens with one attached hydrogen (secondary N) is 1. The Bertz CT molecular complexity index is 457. The van der Waals surface area contributed by atoms with E-state index in [1.54, 1.807) is 0 Å². The second-order valence-electron chi connectivity index (χ2n) is 6.31. The molecule has 1 saturated carbocycles. The van der Waals surface area contributed by atoms with E-state index in [9.17, 15) is 0 Å². The fourth-order valence-electron chi connectivity index (χ4n) is 3.27. The SMILES string of the molecule is CCCNC(c1ccc2c(c1)CC(C)O2)C1CC1C. The Balaban J connectivity index is 1.80. The van der Waals surface area contributed by atoms with Gasteiger partial charge < -0.3 is 10.1 Å². The monoisotopic (exact) mass is 259 g/mol. The lowest BCUT2D eigenvalue weighted by molar-refractivity contribution is 0.254. The summed E-state index contributed by atoms with van der Waals surface area (Å²) in [7, 11) is 0. The second kappa shape index (κ2) is 5.16. The van der Waals surface area contributed by atoms with Crippen molar-refractivity contribution < 1.29 is 4.74 Å². The molecule has 1 N–H and O–H groups in total. The van der Waals surface area contributed by atoms with Crippen LogP contribution in [-0.2, 0) is 6.42 Å². The van der Waals surface area contributed by atoms with Gasteiger partial charge in [0.05, 0.1) is 0 Å². The molecule has 3 rings (SSSR count). The molecule has 4 atom stereocenters. The van der Waals surface area contributed by atoms with E-state index in [1.165, 1.54) is 24.0 Å². The smallest absolute Gasteiger partial charge is 0.123 e. The van der Waals surface area contributed by atoms with Gasteiger partial charge in [0, 0.05) is 12.5 Å². The molecule has 0 saturated heterocycles. The minimum Gasteiger partial charge on any atom is -0.490 e. The highest BCUT2D eigenvalue weighted by Gasteiger charge is 2.40. The van der Waals surface area contributed by atoms with Crippen molar-refractivity contribution in [1.29, 1.82) is 0 Å². The zero-order valence-electron chi connectivity index (χ0n) is 12.3. The number of hydrogen-bond donors (Lipinski definition) is 1. The van der Waals surface area contributed by atoms with E-state index in [2.05, 4.69) is 44.3 Å². The van der Waals surface area contributed by atoms with Crippen LogP contribution < -0.4 is 10.1 Å². The number of benzene rings is 1. The van der Waals surface area contributed by atoms with Gasteiger partial charge in [-0.1, -0.05) is 26.0 Å². The maximum atomic E-state index is 5.80. The van der Waals surface area contributed by atoms with Crippen LogP contribution in [-0.4, -0.2) is 12.6 Å². The predicted octanol–water partition coefficient (Wildman–Crippen LogP) is 3.71. The van der Waals surface area contributed by atoms with Crippen molar-refractivity contribution in [1.82, 2.24) is 5.32 Å². The van der Waals surface area contributed by atoms with E-state index >= 15 is 0 Å². The van der Waals surface area contributed by atoms with E-state index in [0.717, 1.165) is 30.6 Å². The summed E-state index contributed by atoms with van der Waals surface area (Å²) in [5.41, 5.74) is 2.85. The molecule has 0 radical (unpaired) electrons. The Morgan fingerprint density at radius 1 is 1.37 bits per heavy atom. The van der Waals surface area contributed by atoms with Gasteiger partial charge in [0.25, 0.3) is 0 Å². The largest absolute Gasteiger partial charge is 0.490 e. The van der Waals surface area contributed by atoms with Crippen molar-refractivity contribution in [2.45, 2.75) is 52.2 Å². The summed E-state index contributed by atoms with van der Waals surface area (Å²) in [6.07, 6.45) is 3.96. The predicted molar refractivity (Wildman–Crippen MR) is 78.5 cm³/mol. The van der Waals surface area contributed by atoms with Crippen molar-refractivity contribution in [3.05, 3.63) is 29.3 Å². The average Bonchev–Trinajstić information content (AvgIpc) is 2.97. The van der Waals surface area contributed by atoms with Gasteiger partial charge in [-0.05, 0) is 55.3 Å². The average molecular weight is 259 g/mol. The molecule has 1 heterocycles. The Labute approximate surface area is 116 Å². The molecule has 0 amide bonds. The third-order valence-electron chi connectivity index (χ3n) is 4.49. The Hall–Kier alpha value is -1.02. The molecular formula is C17H25NO. The number of ether oxygens (including phenoxy) is 1. The van der Waals surface area contributed by atoms with Crippen LogP contribution in [0.25, 0.3) is 0 Å². The lowest BCUT2D eigenvalue weighted by atomic mass is 9.97. The second-order valence-corrected chi connectivity index (χ2v) is 6.31. The quantitative estimate of drug-likeness (QED) is 0.870. The molecule has 1 aliphatic carbocycles. The van der Waals surface area contributed by atoms with Crippen LogP contribution in [0.15, 0.2) is 18.2 Å². The molecule has 0 aromatic heterocycles. The molecule has 1 aliphatic heterocycles. The molecule has 4 unspecified atom stereocenters. The van der Waals surface area contributed by atoms with Crippen LogP contribution in [0.2, 0.25) is 0 Å². The van der Waals surface area contributed by atoms with Gasteiger partial charge in [0.15, 0.2) is 0 Å². The van der Waals surface area contributed by atoms with Gasteiger partial charge in [-0.15, -0.1) is 0 Å². The molecule has 1 aromatic rings. The summed E-state index contributed by atoms with van der Waals surface area (Å²) in [6.45, 7) is 7.86. The first kappa shape index (κ1) is 13.0. The van der Waals surface area contributed by atoms with Crippen molar-refractivity contribution in [2.75, 3.05) is 6.54 Å². The van der Waals surface area contributed by atoms with Crippen molar-refractivity contribution in [2.24, 2.45) is 11.8 Å². The van der Waals surface area contributed by atoms with E-state index in [-0.39, 0.29) is 0 Å². The van der Waals surface area contributed by atoms with Crippen LogP contribution in [0.4, 0.5) is 0 Å². The van der Waals surface area contributed by atoms with Gasteiger partial charge in [0.1, 0.15) is 11.9 Å². The maximum absolute atomic E-state index is 5.80. The molecule has 19 heavy (non-hydrogen) atoms. The van der Waals surface area contributed by atoms with E-state index in [4.69, 9.17) is 4.74 Å². The van der Waals surface area contributed by atoms with Gasteiger partial charge in [0.2, 0.25) is 0 Å². The normalized spacial score (nSPS) is 29.7. The summed E-state index contributed by atoms with van der Waals surface area (Å²) in [5, 5.41) is 3.74. The molecule has 0 bridgehead atoms. The van der Waals surface area contributed by atoms with Gasteiger partial charge in [-0.3, -0.25) is 0 Å². The Morgan fingerprint density at radius 2 is 2.16 bits per heavy atom. The molecular weight excluding hydrogens is 234 g/mol. The molecule has 0 spiro atoms. The molecule has 104 valence electrons. The zero-order valence-corrected chi connectivity index (χ0v) is 12.3. The highest BCUT2D eigenvalue weighted by atomic mass is 16.5. The lowest BCUT2D eigenvalue weighted by Gasteiger charge is -2.19. The first-order valence-electron chi connectivity index (χ1n) is 7.72. The topological polar surface area (TPSA) is 21.3 Å². The summed E-state index contributed by atoms with van der Waals surface area (Å²) in [6, 6.07) is 7.34. The number of rotatable bonds is 5. The number of hydrogen-bond acceptors (Lipinski definition) is 2. The summed E-state index contributed by atoms with van der Waals surface area (Å²) in [5.74, 6) is 2.79. The van der Waals surface area contributed by atoms with Gasteiger partial charge in [-0.2, -0.15) is 0 Å². The third-order valence-corrected chi connectivity index (χ3v) is 4.49. The first-order chi connectivity index (χ1) is 9.19. The standard InChI is InChI=1S/C17H25NO/c1-4-7-18-17(15-8-11(15)2)13-5-6-16-14(10-13)9-12(3)19-16/h5-6,10-12,15,17-18H,4,7-9H2,1-3H3. The molecule has 2 heteroatoms. The van der Waals surface area contributed by atoms with Gasteiger partial charge >= 0.3 is 0 Å². The highest BCUT2D eigenvalue weighted by molar-refractivity contribution is 5.42. The highest BCUT2D eigenvalue weighted by Crippen LogP contribution is 2.47. The lowest BCUT2D eigenvalue weighted by Crippen LogP contribution is -2.24. The maximum Gasteiger partial charge on any atom is 0.123 e. The number of fused-ring (bicyclic) bond motifs is 1. The van der Waals surface area contributed by atoms with E-state index < -0.39 is 0 Å². The van der Waals surface area contributed by atoms with Gasteiger partial charge in [-0.25, -0.2) is 0 Å². The van der Waals surface area contributed by atoms with Crippen molar-refractivity contribution >= 4 is 0 Å². The van der Waals surface area contributed by atoms with Crippen LogP contribution in [0.5, 0.6) is 5.75 Å². The minimum absolute atomic E-state index is 0.340. The van der Waals surface area contributed by atoms with Crippen LogP contribution in [0, 0.1) is 11.8 Å². The molecule has 1 aromatic carbocycles. The molecule has 2 nitrogen and oxygen atoms in total. The fourth-order valence-corrected chi connectivity index (χ4v) is 3.27. The minimum atomic E-state index is 0.340. The van der Waals surface area contributed by atoms with Crippen LogP contribution in [0.1, 0.15) is 50.8 Å². The van der Waals surface area contributed by atoms with E-state index in [1.807, 2.05) is 0 Å². The summed E-state index contributed by atoms with van der Waals surface area (Å²) < 4.78 is 5.80. The Kier molecular flexibility index (Phi) is 3.53. The zero-order chi connectivity index (χ0) is 13.4. The van der Waals surface area contributed by atoms with Crippen LogP contribution in [0.3, 0.4) is 0 Å². The first-order valence-corrected chi connectivity index (χ1v) is 7.72. The fraction of sp³-hybridized carbons (Fsp3) is 0.647. The molecule has 1 fully saturated rings. The third kappa shape index (κ3) is 2.64. The van der Waals surface area contributed by atoms with Crippen LogP contribution >= 0.6 is 0 Å². The Morgan fingerprint density at radius 3 is 2.84 bits per heavy atom.